The van der Waals surface area contributed by atoms with Gasteiger partial charge in [-0.1, -0.05) is 110 Å². The molecule has 4 atom stereocenters. The molecule has 0 spiro atoms. The van der Waals surface area contributed by atoms with Gasteiger partial charge in [0.15, 0.2) is 6.29 Å². The maximum absolute atomic E-state index is 13.0. The quantitative estimate of drug-likeness (QED) is 0.131. The third-order valence-electron chi connectivity index (χ3n) is 9.50. The molecule has 270 valence electrons. The number of para-hydroxylation sites is 3. The molecule has 7 aromatic rings. The van der Waals surface area contributed by atoms with Crippen molar-refractivity contribution in [1.82, 2.24) is 35.5 Å². The van der Waals surface area contributed by atoms with Crippen molar-refractivity contribution in [3.8, 4) is 16.8 Å². The van der Waals surface area contributed by atoms with E-state index in [0.717, 1.165) is 44.6 Å². The lowest BCUT2D eigenvalue weighted by Gasteiger charge is -2.41. The molecule has 1 aliphatic rings. The predicted molar refractivity (Wildman–Crippen MR) is 205 cm³/mol. The molecular weight excluding hydrogens is 699 g/mol. The second kappa shape index (κ2) is 16.1. The molecule has 1 aliphatic heterocycles. The van der Waals surface area contributed by atoms with Gasteiger partial charge in [-0.25, -0.2) is 4.98 Å². The first-order chi connectivity index (χ1) is 26.5. The number of carbonyl (C=O) groups excluding carboxylic acids is 1. The van der Waals surface area contributed by atoms with E-state index in [4.69, 9.17) is 9.47 Å². The normalized spacial score (nSPS) is 18.4. The van der Waals surface area contributed by atoms with Crippen LogP contribution >= 0.6 is 11.8 Å². The van der Waals surface area contributed by atoms with E-state index in [9.17, 15) is 9.90 Å². The van der Waals surface area contributed by atoms with Crippen LogP contribution in [0.4, 0.5) is 0 Å². The van der Waals surface area contributed by atoms with Crippen molar-refractivity contribution in [2.24, 2.45) is 5.92 Å². The van der Waals surface area contributed by atoms with E-state index >= 15 is 0 Å². The van der Waals surface area contributed by atoms with Crippen LogP contribution in [0.5, 0.6) is 0 Å². The summed E-state index contributed by atoms with van der Waals surface area (Å²) in [6, 6.07) is 41.4. The first-order valence-electron chi connectivity index (χ1n) is 17.7. The first-order valence-corrected chi connectivity index (χ1v) is 18.7. The lowest BCUT2D eigenvalue weighted by molar-refractivity contribution is -0.268. The van der Waals surface area contributed by atoms with Gasteiger partial charge in [-0.3, -0.25) is 9.78 Å². The number of fused-ring (bicyclic) bond motifs is 1. The van der Waals surface area contributed by atoms with Gasteiger partial charge in [0, 0.05) is 23.8 Å². The molecule has 54 heavy (non-hydrogen) atoms. The highest BCUT2D eigenvalue weighted by Gasteiger charge is 2.38. The minimum absolute atomic E-state index is 0.00885. The number of nitrogens with zero attached hydrogens (tertiary/aromatic N) is 6. The third-order valence-corrected chi connectivity index (χ3v) is 10.5. The van der Waals surface area contributed by atoms with Crippen LogP contribution < -0.4 is 5.32 Å². The number of ether oxygens (including phenoxy) is 2. The summed E-state index contributed by atoms with van der Waals surface area (Å²) in [5.74, 6) is 0.300. The summed E-state index contributed by atoms with van der Waals surface area (Å²) >= 11 is 1.54. The second-order valence-corrected chi connectivity index (χ2v) is 14.1. The zero-order chi connectivity index (χ0) is 36.9. The second-order valence-electron chi connectivity index (χ2n) is 13.1. The molecule has 8 rings (SSSR count). The van der Waals surface area contributed by atoms with Crippen molar-refractivity contribution < 1.29 is 19.4 Å². The molecule has 1 saturated heterocycles. The van der Waals surface area contributed by atoms with Crippen LogP contribution in [0.3, 0.4) is 0 Å². The highest BCUT2D eigenvalue weighted by Crippen LogP contribution is 2.43. The van der Waals surface area contributed by atoms with Gasteiger partial charge in [-0.05, 0) is 74.6 Å². The van der Waals surface area contributed by atoms with Crippen LogP contribution in [0.15, 0.2) is 139 Å². The van der Waals surface area contributed by atoms with E-state index in [1.807, 2.05) is 109 Å². The highest BCUT2D eigenvalue weighted by molar-refractivity contribution is 7.99. The SMILES string of the molecule is CC1C(CSc2nnnn2-c2ccccc2)OC(c2cccc(-c3cccc(CNC(=O)c4cnc5ccccc5n4)c3)c2)OC1c1ccc(CO)cc1. The summed E-state index contributed by atoms with van der Waals surface area (Å²) in [6.45, 7) is 2.44. The Morgan fingerprint density at radius 2 is 1.57 bits per heavy atom. The Kier molecular flexibility index (Phi) is 10.5. The van der Waals surface area contributed by atoms with Gasteiger partial charge in [0.05, 0.1) is 41.7 Å². The van der Waals surface area contributed by atoms with Gasteiger partial charge in [-0.15, -0.1) is 5.10 Å². The molecule has 3 heterocycles. The molecule has 5 aromatic carbocycles. The molecule has 1 fully saturated rings. The molecule has 11 nitrogen and oxygen atoms in total. The monoisotopic (exact) mass is 735 g/mol. The van der Waals surface area contributed by atoms with Crippen LogP contribution in [0.2, 0.25) is 0 Å². The molecular formula is C42H37N7O4S. The molecule has 0 saturated carbocycles. The summed E-state index contributed by atoms with van der Waals surface area (Å²) in [5, 5.41) is 25.8. The van der Waals surface area contributed by atoms with Crippen molar-refractivity contribution >= 4 is 28.7 Å². The zero-order valence-corrected chi connectivity index (χ0v) is 30.2. The van der Waals surface area contributed by atoms with Crippen molar-refractivity contribution in [2.75, 3.05) is 5.75 Å². The van der Waals surface area contributed by atoms with Crippen molar-refractivity contribution in [3.63, 3.8) is 0 Å². The Morgan fingerprint density at radius 3 is 2.39 bits per heavy atom. The summed E-state index contributed by atoms with van der Waals surface area (Å²) in [7, 11) is 0. The molecule has 1 amide bonds. The van der Waals surface area contributed by atoms with Gasteiger partial charge in [-0.2, -0.15) is 4.68 Å². The van der Waals surface area contributed by atoms with E-state index < -0.39 is 6.29 Å². The molecule has 2 N–H and O–H groups in total. The summed E-state index contributed by atoms with van der Waals surface area (Å²) < 4.78 is 15.2. The average molecular weight is 736 g/mol. The highest BCUT2D eigenvalue weighted by atomic mass is 32.2. The van der Waals surface area contributed by atoms with Gasteiger partial charge < -0.3 is 19.9 Å². The number of nitrogens with one attached hydrogen (secondary N) is 1. The van der Waals surface area contributed by atoms with E-state index in [0.29, 0.717) is 23.0 Å². The van der Waals surface area contributed by atoms with Gasteiger partial charge >= 0.3 is 0 Å². The van der Waals surface area contributed by atoms with E-state index in [1.165, 1.54) is 6.20 Å². The Bertz CT molecular complexity index is 2370. The van der Waals surface area contributed by atoms with Crippen LogP contribution in [-0.2, 0) is 22.6 Å². The fourth-order valence-electron chi connectivity index (χ4n) is 6.53. The largest absolute Gasteiger partial charge is 0.392 e. The Hall–Kier alpha value is -5.79. The minimum Gasteiger partial charge on any atom is -0.392 e. The number of aliphatic hydroxyl groups excluding tert-OH is 1. The number of benzene rings is 5. The number of aromatic nitrogens is 6. The maximum Gasteiger partial charge on any atom is 0.271 e. The number of carbonyl (C=O) groups is 1. The lowest BCUT2D eigenvalue weighted by atomic mass is 9.91. The number of hydrogen-bond donors (Lipinski definition) is 2. The Balaban J connectivity index is 1.01. The van der Waals surface area contributed by atoms with Crippen LogP contribution in [0.25, 0.3) is 27.8 Å². The Morgan fingerprint density at radius 1 is 0.815 bits per heavy atom. The number of hydrogen-bond acceptors (Lipinski definition) is 10. The van der Waals surface area contributed by atoms with Crippen molar-refractivity contribution in [2.45, 2.75) is 43.7 Å². The standard InChI is InChI=1S/C42H37N7O4S/c1-27-38(26-54-42-46-47-48-49(42)34-13-3-2-4-14-34)52-41(53-39(27)30-19-17-28(25-50)18-20-30)33-12-8-11-32(22-33)31-10-7-9-29(21-31)23-44-40(51)37-24-43-35-15-5-6-16-36(35)45-37/h2-22,24,27,38-39,41,50H,23,25-26H2,1H3,(H,44,51). The van der Waals surface area contributed by atoms with Crippen LogP contribution in [0.1, 0.15) is 52.1 Å². The number of thioether (sulfide) groups is 1. The third kappa shape index (κ3) is 7.78. The van der Waals surface area contributed by atoms with E-state index in [2.05, 4.69) is 55.9 Å². The topological polar surface area (TPSA) is 137 Å². The van der Waals surface area contributed by atoms with Crippen molar-refractivity contribution in [1.29, 1.82) is 0 Å². The number of aliphatic hydroxyl groups is 1. The zero-order valence-electron chi connectivity index (χ0n) is 29.4. The number of tetrazole rings is 1. The first kappa shape index (κ1) is 35.3. The van der Waals surface area contributed by atoms with Gasteiger partial charge in [0.25, 0.3) is 5.91 Å². The molecule has 2 aromatic heterocycles. The lowest BCUT2D eigenvalue weighted by Crippen LogP contribution is -2.38. The molecule has 0 aliphatic carbocycles. The Labute approximate surface area is 316 Å². The van der Waals surface area contributed by atoms with E-state index in [-0.39, 0.29) is 36.3 Å². The van der Waals surface area contributed by atoms with E-state index in [1.54, 1.807) is 16.4 Å². The minimum atomic E-state index is -0.648. The molecule has 4 unspecified atom stereocenters. The summed E-state index contributed by atoms with van der Waals surface area (Å²) in [5.41, 5.74) is 8.23. The average Bonchev–Trinajstić information content (AvgIpc) is 3.71. The maximum atomic E-state index is 13.0. The van der Waals surface area contributed by atoms with Gasteiger partial charge in [0.1, 0.15) is 5.69 Å². The fraction of sp³-hybridized carbons (Fsp3) is 0.190. The fourth-order valence-corrected chi connectivity index (χ4v) is 7.59. The molecule has 0 radical (unpaired) electrons. The molecule has 12 heteroatoms. The van der Waals surface area contributed by atoms with Gasteiger partial charge in [0.2, 0.25) is 5.16 Å². The number of rotatable bonds is 11. The molecule has 0 bridgehead atoms. The summed E-state index contributed by atoms with van der Waals surface area (Å²) in [4.78, 5) is 21.8. The van der Waals surface area contributed by atoms with Crippen LogP contribution in [0, 0.1) is 5.92 Å². The number of amides is 1. The van der Waals surface area contributed by atoms with Crippen LogP contribution in [-0.4, -0.2) is 53.0 Å². The smallest absolute Gasteiger partial charge is 0.271 e. The summed E-state index contributed by atoms with van der Waals surface area (Å²) in [6.07, 6.45) is 0.377. The predicted octanol–water partition coefficient (Wildman–Crippen LogP) is 7.28. The van der Waals surface area contributed by atoms with Crippen molar-refractivity contribution in [3.05, 3.63) is 162 Å².